The van der Waals surface area contributed by atoms with Gasteiger partial charge in [-0.05, 0) is 25.8 Å². The second-order valence-corrected chi connectivity index (χ2v) is 6.96. The molecule has 2 rings (SSSR count). The largest absolute Gasteiger partial charge is 0.481 e. The van der Waals surface area contributed by atoms with Gasteiger partial charge < -0.3 is 10.4 Å². The fourth-order valence-electron chi connectivity index (χ4n) is 2.65. The molecule has 0 aliphatic rings. The number of nitrogens with one attached hydrogen (secondary N) is 1. The van der Waals surface area contributed by atoms with Crippen LogP contribution in [0.5, 0.6) is 0 Å². The van der Waals surface area contributed by atoms with Crippen LogP contribution in [0.2, 0.25) is 0 Å². The molecule has 0 saturated carbocycles. The highest BCUT2D eigenvalue weighted by molar-refractivity contribution is 5.76. The van der Waals surface area contributed by atoms with Crippen molar-refractivity contribution in [2.75, 3.05) is 0 Å². The average molecular weight is 373 g/mol. The van der Waals surface area contributed by atoms with Gasteiger partial charge in [-0.1, -0.05) is 30.3 Å². The first-order valence-electron chi connectivity index (χ1n) is 8.55. The number of amides is 1. The first-order chi connectivity index (χ1) is 12.7. The summed E-state index contributed by atoms with van der Waals surface area (Å²) in [5.74, 6) is -1.48. The number of carboxylic acids is 1. The third kappa shape index (κ3) is 5.95. The molecule has 1 amide bonds. The molecule has 0 radical (unpaired) electrons. The molecular weight excluding hydrogens is 350 g/mol. The summed E-state index contributed by atoms with van der Waals surface area (Å²) >= 11 is 0. The Morgan fingerprint density at radius 1 is 1.11 bits per heavy atom. The van der Waals surface area contributed by atoms with Crippen LogP contribution in [0, 0.1) is 0 Å². The van der Waals surface area contributed by atoms with E-state index in [0.29, 0.717) is 0 Å². The van der Waals surface area contributed by atoms with Crippen molar-refractivity contribution in [1.82, 2.24) is 14.5 Å². The summed E-state index contributed by atoms with van der Waals surface area (Å²) in [6.45, 7) is 3.24. The zero-order chi connectivity index (χ0) is 20.0. The molecule has 1 heterocycles. The fourth-order valence-corrected chi connectivity index (χ4v) is 2.65. The molecular formula is C19H23N3O5. The highest BCUT2D eigenvalue weighted by atomic mass is 16.4. The van der Waals surface area contributed by atoms with Crippen LogP contribution < -0.4 is 16.6 Å². The summed E-state index contributed by atoms with van der Waals surface area (Å²) < 4.78 is 2.23. The van der Waals surface area contributed by atoms with Crippen LogP contribution in [0.25, 0.3) is 0 Å². The number of carbonyl (C=O) groups excluding carboxylic acids is 1. The van der Waals surface area contributed by atoms with Gasteiger partial charge in [0.1, 0.15) is 6.54 Å². The van der Waals surface area contributed by atoms with Gasteiger partial charge in [0.15, 0.2) is 0 Å². The minimum atomic E-state index is -0.958. The number of rotatable bonds is 8. The number of benzene rings is 1. The monoisotopic (exact) mass is 373 g/mol. The van der Waals surface area contributed by atoms with Gasteiger partial charge in [0, 0.05) is 24.2 Å². The topological polar surface area (TPSA) is 110 Å². The first-order valence-corrected chi connectivity index (χ1v) is 8.55. The Kier molecular flexibility index (Phi) is 6.33. The van der Waals surface area contributed by atoms with E-state index in [0.717, 1.165) is 10.1 Å². The number of hydrogen-bond acceptors (Lipinski definition) is 4. The molecule has 8 heteroatoms. The molecule has 0 bridgehead atoms. The van der Waals surface area contributed by atoms with E-state index < -0.39 is 35.2 Å². The Balaban J connectivity index is 2.15. The van der Waals surface area contributed by atoms with Crippen LogP contribution in [0.4, 0.5) is 0 Å². The van der Waals surface area contributed by atoms with Gasteiger partial charge in [0.25, 0.3) is 5.56 Å². The van der Waals surface area contributed by atoms with E-state index in [2.05, 4.69) is 5.32 Å². The van der Waals surface area contributed by atoms with E-state index in [1.807, 2.05) is 30.3 Å². The number of carbonyl (C=O) groups is 2. The third-order valence-corrected chi connectivity index (χ3v) is 4.08. The molecule has 1 aromatic heterocycles. The SMILES string of the molecule is CC(C)(CCC(=O)O)NC(=O)Cn1c(=O)ccn(Cc2ccccc2)c1=O. The molecule has 144 valence electrons. The lowest BCUT2D eigenvalue weighted by Gasteiger charge is -2.25. The summed E-state index contributed by atoms with van der Waals surface area (Å²) in [6.07, 6.45) is 1.54. The van der Waals surface area contributed by atoms with Crippen LogP contribution >= 0.6 is 0 Å². The van der Waals surface area contributed by atoms with Gasteiger partial charge >= 0.3 is 11.7 Å². The van der Waals surface area contributed by atoms with Crippen LogP contribution in [0.15, 0.2) is 52.2 Å². The van der Waals surface area contributed by atoms with Crippen molar-refractivity contribution < 1.29 is 14.7 Å². The van der Waals surface area contributed by atoms with Gasteiger partial charge in [0.2, 0.25) is 5.91 Å². The Labute approximate surface area is 156 Å². The van der Waals surface area contributed by atoms with Crippen molar-refractivity contribution in [3.05, 3.63) is 69.0 Å². The number of aromatic nitrogens is 2. The van der Waals surface area contributed by atoms with Crippen LogP contribution in [0.1, 0.15) is 32.3 Å². The smallest absolute Gasteiger partial charge is 0.331 e. The zero-order valence-electron chi connectivity index (χ0n) is 15.3. The Morgan fingerprint density at radius 2 is 1.78 bits per heavy atom. The lowest BCUT2D eigenvalue weighted by molar-refractivity contribution is -0.137. The van der Waals surface area contributed by atoms with Crippen LogP contribution in [0.3, 0.4) is 0 Å². The van der Waals surface area contributed by atoms with Gasteiger partial charge in [-0.15, -0.1) is 0 Å². The molecule has 2 N–H and O–H groups in total. The van der Waals surface area contributed by atoms with Crippen molar-refractivity contribution in [2.45, 2.75) is 45.3 Å². The number of carboxylic acid groups (broad SMARTS) is 1. The highest BCUT2D eigenvalue weighted by Gasteiger charge is 2.22. The summed E-state index contributed by atoms with van der Waals surface area (Å²) in [7, 11) is 0. The molecule has 0 atom stereocenters. The van der Waals surface area contributed by atoms with E-state index in [1.54, 1.807) is 13.8 Å². The lowest BCUT2D eigenvalue weighted by Crippen LogP contribution is -2.48. The summed E-state index contributed by atoms with van der Waals surface area (Å²) in [5.41, 5.74) is -1.02. The van der Waals surface area contributed by atoms with Gasteiger partial charge in [-0.2, -0.15) is 0 Å². The Hall–Kier alpha value is -3.16. The van der Waals surface area contributed by atoms with Crippen LogP contribution in [-0.4, -0.2) is 31.7 Å². The maximum absolute atomic E-state index is 12.6. The Morgan fingerprint density at radius 3 is 2.41 bits per heavy atom. The lowest BCUT2D eigenvalue weighted by atomic mass is 9.98. The predicted octanol–water partition coefficient (Wildman–Crippen LogP) is 0.818. The van der Waals surface area contributed by atoms with Crippen molar-refractivity contribution in [3.63, 3.8) is 0 Å². The molecule has 0 aliphatic carbocycles. The standard InChI is InChI=1S/C19H23N3O5/c1-19(2,10-8-17(25)26)20-15(23)13-22-16(24)9-11-21(18(22)27)12-14-6-4-3-5-7-14/h3-7,9,11H,8,10,12-13H2,1-2H3,(H,20,23)(H,25,26). The van der Waals surface area contributed by atoms with E-state index in [1.165, 1.54) is 16.8 Å². The maximum Gasteiger partial charge on any atom is 0.331 e. The normalized spacial score (nSPS) is 11.2. The van der Waals surface area contributed by atoms with Gasteiger partial charge in [-0.3, -0.25) is 23.5 Å². The number of aliphatic carboxylic acids is 1. The summed E-state index contributed by atoms with van der Waals surface area (Å²) in [4.78, 5) is 47.6. The van der Waals surface area contributed by atoms with Crippen molar-refractivity contribution in [3.8, 4) is 0 Å². The first kappa shape index (κ1) is 20.2. The molecule has 0 aliphatic heterocycles. The van der Waals surface area contributed by atoms with Crippen molar-refractivity contribution >= 4 is 11.9 Å². The molecule has 1 aromatic carbocycles. The van der Waals surface area contributed by atoms with E-state index in [-0.39, 0.29) is 19.4 Å². The fraction of sp³-hybridized carbons (Fsp3) is 0.368. The maximum atomic E-state index is 12.6. The van der Waals surface area contributed by atoms with E-state index >= 15 is 0 Å². The Bertz CT molecular complexity index is 928. The zero-order valence-corrected chi connectivity index (χ0v) is 15.3. The predicted molar refractivity (Wildman–Crippen MR) is 99.6 cm³/mol. The van der Waals surface area contributed by atoms with Crippen LogP contribution in [-0.2, 0) is 22.7 Å². The highest BCUT2D eigenvalue weighted by Crippen LogP contribution is 2.11. The van der Waals surface area contributed by atoms with E-state index in [9.17, 15) is 19.2 Å². The molecule has 0 fully saturated rings. The molecule has 27 heavy (non-hydrogen) atoms. The number of hydrogen-bond donors (Lipinski definition) is 2. The van der Waals surface area contributed by atoms with Crippen molar-refractivity contribution in [1.29, 1.82) is 0 Å². The van der Waals surface area contributed by atoms with Crippen molar-refractivity contribution in [2.24, 2.45) is 0 Å². The quantitative estimate of drug-likeness (QED) is 0.712. The average Bonchev–Trinajstić information content (AvgIpc) is 2.60. The summed E-state index contributed by atoms with van der Waals surface area (Å²) in [5, 5.41) is 11.4. The third-order valence-electron chi connectivity index (χ3n) is 4.08. The minimum absolute atomic E-state index is 0.0948. The second-order valence-electron chi connectivity index (χ2n) is 6.96. The molecule has 0 unspecified atom stereocenters. The molecule has 0 spiro atoms. The second kappa shape index (κ2) is 8.48. The summed E-state index contributed by atoms with van der Waals surface area (Å²) in [6, 6.07) is 10.5. The van der Waals surface area contributed by atoms with Gasteiger partial charge in [0.05, 0.1) is 6.54 Å². The molecule has 8 nitrogen and oxygen atoms in total. The molecule has 2 aromatic rings. The minimum Gasteiger partial charge on any atom is -0.481 e. The number of nitrogens with zero attached hydrogens (tertiary/aromatic N) is 2. The molecule has 0 saturated heterocycles. The van der Waals surface area contributed by atoms with Gasteiger partial charge in [-0.25, -0.2) is 4.79 Å². The van der Waals surface area contributed by atoms with E-state index in [4.69, 9.17) is 5.11 Å².